The van der Waals surface area contributed by atoms with Crippen LogP contribution in [-0.2, 0) is 9.59 Å². The molecule has 0 bridgehead atoms. The molecule has 1 aromatic heterocycles. The molecule has 0 aliphatic rings. The van der Waals surface area contributed by atoms with Crippen LogP contribution in [0.4, 0.5) is 5.69 Å². The zero-order valence-electron chi connectivity index (χ0n) is 14.2. The normalized spacial score (nSPS) is 10.7. The van der Waals surface area contributed by atoms with Crippen LogP contribution in [-0.4, -0.2) is 33.1 Å². The first-order valence-corrected chi connectivity index (χ1v) is 8.44. The van der Waals surface area contributed by atoms with Crippen LogP contribution in [0.1, 0.15) is 5.56 Å². The highest BCUT2D eigenvalue weighted by Crippen LogP contribution is 2.12. The Balaban J connectivity index is 1.46. The summed E-state index contributed by atoms with van der Waals surface area (Å²) < 4.78 is 1.61. The van der Waals surface area contributed by atoms with Gasteiger partial charge in [-0.1, -0.05) is 23.7 Å². The first kappa shape index (κ1) is 18.3. The number of benzene rings is 2. The van der Waals surface area contributed by atoms with E-state index in [1.165, 1.54) is 12.4 Å². The van der Waals surface area contributed by atoms with Crippen LogP contribution < -0.4 is 10.6 Å². The SMILES string of the molecule is O=C(C=Cc1ccc(Cl)cc1)NCC(=O)Nc1ccc(-n2cncn2)cc1. The maximum atomic E-state index is 12.0. The lowest BCUT2D eigenvalue weighted by atomic mass is 10.2. The van der Waals surface area contributed by atoms with Gasteiger partial charge in [0, 0.05) is 16.8 Å². The average molecular weight is 382 g/mol. The minimum absolute atomic E-state index is 0.130. The second-order valence-corrected chi connectivity index (χ2v) is 5.97. The van der Waals surface area contributed by atoms with Gasteiger partial charge in [0.05, 0.1) is 12.2 Å². The molecule has 0 aliphatic heterocycles. The van der Waals surface area contributed by atoms with Crippen LogP contribution in [0.15, 0.2) is 67.3 Å². The van der Waals surface area contributed by atoms with E-state index < -0.39 is 0 Å². The number of rotatable bonds is 6. The van der Waals surface area contributed by atoms with Gasteiger partial charge < -0.3 is 10.6 Å². The highest BCUT2D eigenvalue weighted by Gasteiger charge is 2.05. The molecule has 0 saturated heterocycles. The Bertz CT molecular complexity index is 935. The molecule has 1 heterocycles. The van der Waals surface area contributed by atoms with Crippen molar-refractivity contribution in [2.75, 3.05) is 11.9 Å². The average Bonchev–Trinajstić information content (AvgIpc) is 3.21. The van der Waals surface area contributed by atoms with Crippen molar-refractivity contribution in [1.82, 2.24) is 20.1 Å². The number of nitrogens with one attached hydrogen (secondary N) is 2. The van der Waals surface area contributed by atoms with E-state index >= 15 is 0 Å². The Morgan fingerprint density at radius 1 is 1.07 bits per heavy atom. The molecule has 0 atom stereocenters. The van der Waals surface area contributed by atoms with E-state index in [1.807, 2.05) is 0 Å². The van der Waals surface area contributed by atoms with Gasteiger partial charge in [0.25, 0.3) is 0 Å². The summed E-state index contributed by atoms with van der Waals surface area (Å²) >= 11 is 5.81. The van der Waals surface area contributed by atoms with Gasteiger partial charge in [-0.3, -0.25) is 9.59 Å². The Morgan fingerprint density at radius 2 is 1.81 bits per heavy atom. The predicted molar refractivity (Wildman–Crippen MR) is 103 cm³/mol. The molecule has 136 valence electrons. The van der Waals surface area contributed by atoms with Gasteiger partial charge in [0.1, 0.15) is 12.7 Å². The molecule has 7 nitrogen and oxygen atoms in total. The van der Waals surface area contributed by atoms with E-state index in [2.05, 4.69) is 20.7 Å². The smallest absolute Gasteiger partial charge is 0.244 e. The van der Waals surface area contributed by atoms with E-state index in [9.17, 15) is 9.59 Å². The summed E-state index contributed by atoms with van der Waals surface area (Å²) in [6.07, 6.45) is 6.04. The third kappa shape index (κ3) is 5.52. The fourth-order valence-electron chi connectivity index (χ4n) is 2.22. The summed E-state index contributed by atoms with van der Waals surface area (Å²) in [5.74, 6) is -0.682. The number of amides is 2. The van der Waals surface area contributed by atoms with Crippen LogP contribution in [0, 0.1) is 0 Å². The second-order valence-electron chi connectivity index (χ2n) is 5.54. The Kier molecular flexibility index (Phi) is 5.96. The zero-order chi connectivity index (χ0) is 19.1. The first-order valence-electron chi connectivity index (χ1n) is 8.06. The molecule has 3 rings (SSSR count). The van der Waals surface area contributed by atoms with Crippen molar-refractivity contribution in [2.24, 2.45) is 0 Å². The van der Waals surface area contributed by atoms with Crippen LogP contribution in [0.25, 0.3) is 11.8 Å². The highest BCUT2D eigenvalue weighted by molar-refractivity contribution is 6.30. The Labute approximate surface area is 160 Å². The number of hydrogen-bond donors (Lipinski definition) is 2. The van der Waals surface area contributed by atoms with E-state index in [0.717, 1.165) is 11.3 Å². The van der Waals surface area contributed by atoms with Crippen LogP contribution in [0.5, 0.6) is 0 Å². The van der Waals surface area contributed by atoms with Gasteiger partial charge >= 0.3 is 0 Å². The lowest BCUT2D eigenvalue weighted by Gasteiger charge is -2.07. The summed E-state index contributed by atoms with van der Waals surface area (Å²) in [5, 5.41) is 9.90. The molecular weight excluding hydrogens is 366 g/mol. The number of aromatic nitrogens is 3. The van der Waals surface area contributed by atoms with Crippen molar-refractivity contribution >= 4 is 35.2 Å². The molecule has 2 N–H and O–H groups in total. The standard InChI is InChI=1S/C19H16ClN5O2/c20-15-4-1-14(2-5-15)3-10-18(26)22-11-19(27)24-16-6-8-17(9-7-16)25-13-21-12-23-25/h1-10,12-13H,11H2,(H,22,26)(H,24,27). The third-order valence-electron chi connectivity index (χ3n) is 3.55. The molecule has 2 amide bonds. The van der Waals surface area contributed by atoms with Crippen LogP contribution >= 0.6 is 11.6 Å². The number of nitrogens with zero attached hydrogens (tertiary/aromatic N) is 3. The molecule has 3 aromatic rings. The largest absolute Gasteiger partial charge is 0.343 e. The fourth-order valence-corrected chi connectivity index (χ4v) is 2.34. The molecule has 0 fully saturated rings. The minimum Gasteiger partial charge on any atom is -0.343 e. The summed E-state index contributed by atoms with van der Waals surface area (Å²) in [4.78, 5) is 27.6. The van der Waals surface area contributed by atoms with Crippen molar-refractivity contribution in [1.29, 1.82) is 0 Å². The monoisotopic (exact) mass is 381 g/mol. The van der Waals surface area contributed by atoms with E-state index in [1.54, 1.807) is 65.6 Å². The van der Waals surface area contributed by atoms with Crippen molar-refractivity contribution < 1.29 is 9.59 Å². The molecule has 2 aromatic carbocycles. The number of hydrogen-bond acceptors (Lipinski definition) is 4. The van der Waals surface area contributed by atoms with E-state index in [0.29, 0.717) is 10.7 Å². The van der Waals surface area contributed by atoms with Crippen molar-refractivity contribution in [2.45, 2.75) is 0 Å². The van der Waals surface area contributed by atoms with Gasteiger partial charge in [-0.25, -0.2) is 9.67 Å². The summed E-state index contributed by atoms with van der Waals surface area (Å²) in [7, 11) is 0. The molecule has 0 saturated carbocycles. The zero-order valence-corrected chi connectivity index (χ0v) is 14.9. The topological polar surface area (TPSA) is 88.9 Å². The van der Waals surface area contributed by atoms with Gasteiger partial charge in [-0.2, -0.15) is 5.10 Å². The number of carbonyl (C=O) groups excluding carboxylic acids is 2. The molecule has 0 radical (unpaired) electrons. The van der Waals surface area contributed by atoms with Gasteiger partial charge in [0.15, 0.2) is 0 Å². The highest BCUT2D eigenvalue weighted by atomic mass is 35.5. The third-order valence-corrected chi connectivity index (χ3v) is 3.81. The maximum absolute atomic E-state index is 12.0. The minimum atomic E-state index is -0.360. The van der Waals surface area contributed by atoms with Crippen molar-refractivity contribution in [3.8, 4) is 5.69 Å². The van der Waals surface area contributed by atoms with E-state index in [-0.39, 0.29) is 18.4 Å². The molecular formula is C19H16ClN5O2. The fraction of sp³-hybridized carbons (Fsp3) is 0.0526. The van der Waals surface area contributed by atoms with Crippen LogP contribution in [0.2, 0.25) is 5.02 Å². The lowest BCUT2D eigenvalue weighted by molar-refractivity contribution is -0.121. The molecule has 0 unspecified atom stereocenters. The van der Waals surface area contributed by atoms with Gasteiger partial charge in [0.2, 0.25) is 11.8 Å². The lowest BCUT2D eigenvalue weighted by Crippen LogP contribution is -2.31. The molecule has 0 aliphatic carbocycles. The first-order chi connectivity index (χ1) is 13.1. The Morgan fingerprint density at radius 3 is 2.48 bits per heavy atom. The Hall–Kier alpha value is -3.45. The summed E-state index contributed by atoms with van der Waals surface area (Å²) in [5.41, 5.74) is 2.28. The number of carbonyl (C=O) groups is 2. The number of anilines is 1. The second kappa shape index (κ2) is 8.77. The van der Waals surface area contributed by atoms with Crippen LogP contribution in [0.3, 0.4) is 0 Å². The van der Waals surface area contributed by atoms with Gasteiger partial charge in [-0.15, -0.1) is 0 Å². The molecule has 0 spiro atoms. The number of halogens is 1. The molecule has 8 heteroatoms. The summed E-state index contributed by atoms with van der Waals surface area (Å²) in [6, 6.07) is 14.2. The van der Waals surface area contributed by atoms with E-state index in [4.69, 9.17) is 11.6 Å². The van der Waals surface area contributed by atoms with Gasteiger partial charge in [-0.05, 0) is 48.0 Å². The molecule has 27 heavy (non-hydrogen) atoms. The summed E-state index contributed by atoms with van der Waals surface area (Å²) in [6.45, 7) is -0.130. The van der Waals surface area contributed by atoms with Crippen molar-refractivity contribution in [3.05, 3.63) is 77.8 Å². The van der Waals surface area contributed by atoms with Crippen molar-refractivity contribution in [3.63, 3.8) is 0 Å². The quantitative estimate of drug-likeness (QED) is 0.642. The maximum Gasteiger partial charge on any atom is 0.244 e. The predicted octanol–water partition coefficient (Wildman–Crippen LogP) is 2.69.